The summed E-state index contributed by atoms with van der Waals surface area (Å²) < 4.78 is 71.7. The Bertz CT molecular complexity index is 693. The van der Waals surface area contributed by atoms with Crippen LogP contribution in [0.4, 0.5) is 22.0 Å². The first-order valence-electron chi connectivity index (χ1n) is 6.66. The second kappa shape index (κ2) is 5.97. The van der Waals surface area contributed by atoms with Crippen molar-refractivity contribution in [1.82, 2.24) is 0 Å². The van der Waals surface area contributed by atoms with Crippen molar-refractivity contribution in [2.75, 3.05) is 0 Å². The number of halogens is 6. The van der Waals surface area contributed by atoms with Crippen molar-refractivity contribution in [1.29, 1.82) is 0 Å². The minimum atomic E-state index is -4.89. The van der Waals surface area contributed by atoms with Gasteiger partial charge in [-0.1, -0.05) is 6.92 Å². The van der Waals surface area contributed by atoms with Gasteiger partial charge in [0.25, 0.3) is 0 Å². The SMILES string of the molecule is C[C@H]1[C@@H](c2cc(I)c(F)c(F)c2O)[C@@H](C(=O)O)O[C@@]1(C)C(F)(F)F. The predicted octanol–water partition coefficient (Wildman–Crippen LogP) is 3.80. The Kier molecular flexibility index (Phi) is 4.77. The number of carboxylic acid groups (broad SMARTS) is 1. The van der Waals surface area contributed by atoms with Gasteiger partial charge in [0.15, 0.2) is 23.3 Å². The van der Waals surface area contributed by atoms with Gasteiger partial charge < -0.3 is 14.9 Å². The molecule has 4 nitrogen and oxygen atoms in total. The van der Waals surface area contributed by atoms with Gasteiger partial charge in [-0.05, 0) is 35.6 Å². The van der Waals surface area contributed by atoms with Crippen molar-refractivity contribution in [3.63, 3.8) is 0 Å². The Labute approximate surface area is 146 Å². The maximum absolute atomic E-state index is 13.7. The van der Waals surface area contributed by atoms with Gasteiger partial charge in [0.1, 0.15) is 0 Å². The molecule has 0 radical (unpaired) electrons. The van der Waals surface area contributed by atoms with Gasteiger partial charge in [0.2, 0.25) is 5.82 Å². The molecule has 1 fully saturated rings. The van der Waals surface area contributed by atoms with Gasteiger partial charge in [0.05, 0.1) is 3.57 Å². The summed E-state index contributed by atoms with van der Waals surface area (Å²) in [6.07, 6.45) is -6.87. The van der Waals surface area contributed by atoms with Crippen molar-refractivity contribution >= 4 is 28.6 Å². The first-order valence-corrected chi connectivity index (χ1v) is 7.74. The number of benzene rings is 1. The van der Waals surface area contributed by atoms with Crippen LogP contribution in [-0.4, -0.2) is 34.1 Å². The molecule has 0 aromatic heterocycles. The standard InChI is InChI=1S/C14H12F5IO4/c1-4-7(5-3-6(20)8(15)9(16)10(5)21)11(12(22)23)24-13(4,2)14(17,18)19/h3-4,7,11,21H,1-2H3,(H,22,23)/t4-,7-,11-,13+/m0/s1. The molecule has 0 bridgehead atoms. The highest BCUT2D eigenvalue weighted by atomic mass is 127. The van der Waals surface area contributed by atoms with E-state index in [-0.39, 0.29) is 3.57 Å². The topological polar surface area (TPSA) is 66.8 Å². The van der Waals surface area contributed by atoms with E-state index in [0.717, 1.165) is 13.0 Å². The molecule has 0 aliphatic carbocycles. The number of phenolic OH excluding ortho intramolecular Hbond substituents is 1. The number of alkyl halides is 3. The molecule has 2 N–H and O–H groups in total. The van der Waals surface area contributed by atoms with E-state index in [4.69, 9.17) is 4.74 Å². The zero-order chi connectivity index (χ0) is 18.6. The molecular formula is C14H12F5IO4. The number of aromatic hydroxyl groups is 1. The van der Waals surface area contributed by atoms with E-state index in [1.54, 1.807) is 0 Å². The highest BCUT2D eigenvalue weighted by molar-refractivity contribution is 14.1. The molecule has 1 aromatic rings. The minimum Gasteiger partial charge on any atom is -0.505 e. The molecular weight excluding hydrogens is 454 g/mol. The Balaban J connectivity index is 2.66. The summed E-state index contributed by atoms with van der Waals surface area (Å²) in [6, 6.07) is 0.927. The van der Waals surface area contributed by atoms with E-state index >= 15 is 0 Å². The Morgan fingerprint density at radius 1 is 1.33 bits per heavy atom. The number of rotatable bonds is 2. The molecule has 24 heavy (non-hydrogen) atoms. The molecule has 2 rings (SSSR count). The third-order valence-electron chi connectivity index (χ3n) is 4.44. The number of carboxylic acids is 1. The van der Waals surface area contributed by atoms with Crippen molar-refractivity contribution in [3.8, 4) is 5.75 Å². The first kappa shape index (κ1) is 19.2. The lowest BCUT2D eigenvalue weighted by Crippen LogP contribution is -2.47. The van der Waals surface area contributed by atoms with Crippen LogP contribution in [0.3, 0.4) is 0 Å². The third kappa shape index (κ3) is 2.72. The summed E-state index contributed by atoms with van der Waals surface area (Å²) >= 11 is 1.40. The molecule has 0 spiro atoms. The smallest absolute Gasteiger partial charge is 0.417 e. The fraction of sp³-hybridized carbons (Fsp3) is 0.500. The molecule has 4 atom stereocenters. The maximum Gasteiger partial charge on any atom is 0.417 e. The van der Waals surface area contributed by atoms with Crippen LogP contribution in [0.1, 0.15) is 25.3 Å². The van der Waals surface area contributed by atoms with Crippen molar-refractivity contribution < 1.29 is 41.7 Å². The molecule has 0 amide bonds. The second-order valence-electron chi connectivity index (χ2n) is 5.72. The Morgan fingerprint density at radius 3 is 2.33 bits per heavy atom. The van der Waals surface area contributed by atoms with Crippen LogP contribution in [0.15, 0.2) is 6.07 Å². The second-order valence-corrected chi connectivity index (χ2v) is 6.88. The molecule has 1 aliphatic rings. The zero-order valence-corrected chi connectivity index (χ0v) is 14.4. The van der Waals surface area contributed by atoms with E-state index in [2.05, 4.69) is 0 Å². The van der Waals surface area contributed by atoms with Crippen LogP contribution in [0.5, 0.6) is 5.75 Å². The predicted molar refractivity (Wildman–Crippen MR) is 79.6 cm³/mol. The van der Waals surface area contributed by atoms with E-state index in [1.165, 1.54) is 22.6 Å². The average Bonchev–Trinajstić information content (AvgIpc) is 2.74. The summed E-state index contributed by atoms with van der Waals surface area (Å²) in [7, 11) is 0. The third-order valence-corrected chi connectivity index (χ3v) is 5.22. The fourth-order valence-corrected chi connectivity index (χ4v) is 3.44. The molecule has 10 heteroatoms. The molecule has 0 saturated carbocycles. The van der Waals surface area contributed by atoms with Crippen LogP contribution in [0, 0.1) is 21.1 Å². The molecule has 1 aromatic carbocycles. The summed E-state index contributed by atoms with van der Waals surface area (Å²) in [4.78, 5) is 11.4. The van der Waals surface area contributed by atoms with Gasteiger partial charge in [-0.3, -0.25) is 0 Å². The number of phenols is 1. The van der Waals surface area contributed by atoms with E-state index in [9.17, 15) is 37.0 Å². The van der Waals surface area contributed by atoms with Gasteiger partial charge in [-0.2, -0.15) is 17.6 Å². The molecule has 0 unspecified atom stereocenters. The van der Waals surface area contributed by atoms with Crippen LogP contribution in [0.2, 0.25) is 0 Å². The number of carbonyl (C=O) groups is 1. The van der Waals surface area contributed by atoms with Gasteiger partial charge in [-0.25, -0.2) is 9.18 Å². The number of ether oxygens (including phenoxy) is 1. The molecule has 1 aliphatic heterocycles. The monoisotopic (exact) mass is 466 g/mol. The van der Waals surface area contributed by atoms with Gasteiger partial charge in [0, 0.05) is 17.4 Å². The lowest BCUT2D eigenvalue weighted by molar-refractivity contribution is -0.273. The van der Waals surface area contributed by atoms with Crippen LogP contribution in [-0.2, 0) is 9.53 Å². The van der Waals surface area contributed by atoms with E-state index in [0.29, 0.717) is 6.92 Å². The normalized spacial score (nSPS) is 30.6. The van der Waals surface area contributed by atoms with Crippen molar-refractivity contribution in [2.24, 2.45) is 5.92 Å². The molecule has 134 valence electrons. The quantitative estimate of drug-likeness (QED) is 0.396. The number of hydrogen-bond acceptors (Lipinski definition) is 3. The maximum atomic E-state index is 13.7. The summed E-state index contributed by atoms with van der Waals surface area (Å²) in [5.74, 6) is -8.91. The lowest BCUT2D eigenvalue weighted by Gasteiger charge is -2.31. The van der Waals surface area contributed by atoms with Gasteiger partial charge in [-0.15, -0.1) is 0 Å². The lowest BCUT2D eigenvalue weighted by atomic mass is 9.77. The average molecular weight is 466 g/mol. The minimum absolute atomic E-state index is 0.296. The molecule has 1 heterocycles. The molecule has 1 saturated heterocycles. The fourth-order valence-electron chi connectivity index (χ4n) is 2.87. The Morgan fingerprint density at radius 2 is 1.88 bits per heavy atom. The van der Waals surface area contributed by atoms with Crippen LogP contribution < -0.4 is 0 Å². The van der Waals surface area contributed by atoms with Crippen molar-refractivity contribution in [2.45, 2.75) is 37.6 Å². The van der Waals surface area contributed by atoms with Gasteiger partial charge >= 0.3 is 12.1 Å². The largest absolute Gasteiger partial charge is 0.505 e. The highest BCUT2D eigenvalue weighted by Gasteiger charge is 2.66. The van der Waals surface area contributed by atoms with E-state index in [1.807, 2.05) is 0 Å². The summed E-state index contributed by atoms with van der Waals surface area (Å²) in [6.45, 7) is 1.78. The summed E-state index contributed by atoms with van der Waals surface area (Å²) in [5.41, 5.74) is -3.25. The Hall–Kier alpha value is -1.17. The van der Waals surface area contributed by atoms with Crippen LogP contribution in [0.25, 0.3) is 0 Å². The van der Waals surface area contributed by atoms with Crippen LogP contribution >= 0.6 is 22.6 Å². The van der Waals surface area contributed by atoms with Crippen molar-refractivity contribution in [3.05, 3.63) is 26.8 Å². The van der Waals surface area contributed by atoms with E-state index < -0.39 is 58.6 Å². The number of aliphatic carboxylic acids is 1. The summed E-state index contributed by atoms with van der Waals surface area (Å²) in [5, 5.41) is 19.0. The number of hydrogen-bond donors (Lipinski definition) is 2. The highest BCUT2D eigenvalue weighted by Crippen LogP contribution is 2.54. The first-order chi connectivity index (χ1) is 10.8. The zero-order valence-electron chi connectivity index (χ0n) is 12.3.